The van der Waals surface area contributed by atoms with Crippen molar-refractivity contribution in [2.24, 2.45) is 0 Å². The summed E-state index contributed by atoms with van der Waals surface area (Å²) in [6.45, 7) is 2.16. The summed E-state index contributed by atoms with van der Waals surface area (Å²) in [6.07, 6.45) is 0.692. The number of amides is 1. The maximum absolute atomic E-state index is 13.2. The van der Waals surface area contributed by atoms with Gasteiger partial charge in [0.2, 0.25) is 11.7 Å². The fourth-order valence-corrected chi connectivity index (χ4v) is 5.40. The molecule has 1 aliphatic heterocycles. The van der Waals surface area contributed by atoms with Gasteiger partial charge in [-0.25, -0.2) is 13.4 Å². The number of imidazole rings is 1. The Morgan fingerprint density at radius 2 is 1.84 bits per heavy atom. The average molecular weight is 445 g/mol. The highest BCUT2D eigenvalue weighted by molar-refractivity contribution is 7.91. The fraction of sp³-hybridized carbons (Fsp3) is 0.381. The second-order valence-corrected chi connectivity index (χ2v) is 10.4. The number of carbonyl (C=O) groups excluding carboxylic acids is 1. The predicted molar refractivity (Wildman–Crippen MR) is 115 cm³/mol. The van der Waals surface area contributed by atoms with Crippen molar-refractivity contribution in [1.82, 2.24) is 19.9 Å². The normalized spacial score (nSPS) is 17.4. The highest BCUT2D eigenvalue weighted by Gasteiger charge is 2.35. The largest absolute Gasteiger partial charge is 0.497 e. The first-order valence-corrected chi connectivity index (χ1v) is 11.7. The Morgan fingerprint density at radius 3 is 2.48 bits per heavy atom. The van der Waals surface area contributed by atoms with Gasteiger partial charge in [0.1, 0.15) is 21.1 Å². The first kappa shape index (κ1) is 21.1. The monoisotopic (exact) mass is 444 g/mol. The van der Waals surface area contributed by atoms with Crippen molar-refractivity contribution >= 4 is 26.9 Å². The van der Waals surface area contributed by atoms with Crippen molar-refractivity contribution in [3.63, 3.8) is 0 Å². The van der Waals surface area contributed by atoms with Crippen molar-refractivity contribution < 1.29 is 23.1 Å². The lowest BCUT2D eigenvalue weighted by Gasteiger charge is -2.34. The summed E-state index contributed by atoms with van der Waals surface area (Å²) in [7, 11) is -1.47. The molecular formula is C21H24N4O5S. The van der Waals surface area contributed by atoms with E-state index in [2.05, 4.69) is 15.3 Å². The Bertz CT molecular complexity index is 1220. The van der Waals surface area contributed by atoms with E-state index in [1.807, 2.05) is 31.2 Å². The number of sulfone groups is 1. The van der Waals surface area contributed by atoms with Crippen LogP contribution in [0.25, 0.3) is 11.2 Å². The number of nitrogens with one attached hydrogen (secondary N) is 1. The Morgan fingerprint density at radius 1 is 1.16 bits per heavy atom. The van der Waals surface area contributed by atoms with E-state index in [0.717, 1.165) is 5.56 Å². The van der Waals surface area contributed by atoms with Crippen LogP contribution in [0, 0.1) is 0 Å². The highest BCUT2D eigenvalue weighted by Crippen LogP contribution is 2.25. The van der Waals surface area contributed by atoms with Crippen LogP contribution in [0.1, 0.15) is 35.9 Å². The summed E-state index contributed by atoms with van der Waals surface area (Å²) in [6, 6.07) is 10.4. The molecule has 4 rings (SSSR count). The molecule has 2 aromatic heterocycles. The maximum Gasteiger partial charge on any atom is 0.287 e. The SMILES string of the molecule is COc1ccc(Cn2c(C(=O)NC3(C)CCS(=O)(=O)CC3)nc3ccc(O)nc32)cc1. The molecule has 0 unspecified atom stereocenters. The van der Waals surface area contributed by atoms with Crippen LogP contribution in [0.2, 0.25) is 0 Å². The molecule has 1 aromatic carbocycles. The van der Waals surface area contributed by atoms with Gasteiger partial charge in [-0.05, 0) is 43.5 Å². The third kappa shape index (κ3) is 4.48. The number of carbonyl (C=O) groups is 1. The van der Waals surface area contributed by atoms with E-state index < -0.39 is 21.3 Å². The van der Waals surface area contributed by atoms with Crippen LogP contribution in [-0.4, -0.2) is 58.1 Å². The Hall–Kier alpha value is -3.14. The smallest absolute Gasteiger partial charge is 0.287 e. The molecule has 0 atom stereocenters. The van der Waals surface area contributed by atoms with Gasteiger partial charge >= 0.3 is 0 Å². The van der Waals surface area contributed by atoms with Crippen LogP contribution in [0.3, 0.4) is 0 Å². The molecule has 9 nitrogen and oxygen atoms in total. The van der Waals surface area contributed by atoms with E-state index in [0.29, 0.717) is 36.3 Å². The molecule has 31 heavy (non-hydrogen) atoms. The van der Waals surface area contributed by atoms with Gasteiger partial charge in [0.05, 0.1) is 25.2 Å². The summed E-state index contributed by atoms with van der Waals surface area (Å²) < 4.78 is 30.4. The van der Waals surface area contributed by atoms with E-state index in [1.54, 1.807) is 17.7 Å². The molecule has 1 saturated heterocycles. The third-order valence-corrected chi connectivity index (χ3v) is 7.28. The lowest BCUT2D eigenvalue weighted by atomic mass is 9.95. The predicted octanol–water partition coefficient (Wildman–Crippen LogP) is 1.89. The van der Waals surface area contributed by atoms with Gasteiger partial charge in [0.15, 0.2) is 5.65 Å². The Kier molecular flexibility index (Phi) is 5.34. The number of hydrogen-bond acceptors (Lipinski definition) is 7. The summed E-state index contributed by atoms with van der Waals surface area (Å²) in [5.74, 6) is 0.377. The molecule has 0 bridgehead atoms. The number of pyridine rings is 1. The number of rotatable bonds is 5. The lowest BCUT2D eigenvalue weighted by Crippen LogP contribution is -2.51. The first-order valence-electron chi connectivity index (χ1n) is 9.90. The summed E-state index contributed by atoms with van der Waals surface area (Å²) in [5, 5.41) is 12.8. The number of nitrogens with zero attached hydrogens (tertiary/aromatic N) is 3. The highest BCUT2D eigenvalue weighted by atomic mass is 32.2. The summed E-state index contributed by atoms with van der Waals surface area (Å²) >= 11 is 0. The van der Waals surface area contributed by atoms with Crippen LogP contribution in [0.4, 0.5) is 0 Å². The summed E-state index contributed by atoms with van der Waals surface area (Å²) in [5.41, 5.74) is 1.13. The van der Waals surface area contributed by atoms with Crippen molar-refractivity contribution in [2.45, 2.75) is 31.8 Å². The minimum absolute atomic E-state index is 0.0431. The fourth-order valence-electron chi connectivity index (χ4n) is 3.67. The van der Waals surface area contributed by atoms with Crippen molar-refractivity contribution in [3.8, 4) is 11.6 Å². The molecule has 164 valence electrons. The van der Waals surface area contributed by atoms with Crippen LogP contribution in [0.15, 0.2) is 36.4 Å². The molecule has 1 aliphatic rings. The van der Waals surface area contributed by atoms with Crippen LogP contribution in [0.5, 0.6) is 11.6 Å². The number of benzene rings is 1. The number of fused-ring (bicyclic) bond motifs is 1. The van der Waals surface area contributed by atoms with Gasteiger partial charge in [0.25, 0.3) is 5.91 Å². The van der Waals surface area contributed by atoms with Crippen LogP contribution < -0.4 is 10.1 Å². The molecular weight excluding hydrogens is 420 g/mol. The third-order valence-electron chi connectivity index (χ3n) is 5.63. The van der Waals surface area contributed by atoms with Crippen LogP contribution in [-0.2, 0) is 16.4 Å². The van der Waals surface area contributed by atoms with Gasteiger partial charge in [0, 0.05) is 11.6 Å². The second-order valence-electron chi connectivity index (χ2n) is 8.05. The molecule has 0 saturated carbocycles. The Labute approximate surface area is 180 Å². The minimum Gasteiger partial charge on any atom is -0.497 e. The molecule has 0 aliphatic carbocycles. The second kappa shape index (κ2) is 7.84. The van der Waals surface area contributed by atoms with E-state index in [1.165, 1.54) is 6.07 Å². The number of aromatic nitrogens is 3. The van der Waals surface area contributed by atoms with Gasteiger partial charge in [-0.1, -0.05) is 12.1 Å². The van der Waals surface area contributed by atoms with Crippen molar-refractivity contribution in [2.75, 3.05) is 18.6 Å². The van der Waals surface area contributed by atoms with Crippen molar-refractivity contribution in [1.29, 1.82) is 0 Å². The number of hydrogen-bond donors (Lipinski definition) is 2. The number of methoxy groups -OCH3 is 1. The summed E-state index contributed by atoms with van der Waals surface area (Å²) in [4.78, 5) is 21.8. The quantitative estimate of drug-likeness (QED) is 0.616. The van der Waals surface area contributed by atoms with Crippen molar-refractivity contribution in [3.05, 3.63) is 47.8 Å². The molecule has 10 heteroatoms. The first-order chi connectivity index (χ1) is 14.7. The number of ether oxygens (including phenoxy) is 1. The van der Waals surface area contributed by atoms with E-state index >= 15 is 0 Å². The van der Waals surface area contributed by atoms with E-state index in [-0.39, 0.29) is 23.2 Å². The topological polar surface area (TPSA) is 123 Å². The molecule has 1 amide bonds. The number of aromatic hydroxyl groups is 1. The maximum atomic E-state index is 13.2. The zero-order valence-corrected chi connectivity index (χ0v) is 18.1. The molecule has 1 fully saturated rings. The minimum atomic E-state index is -3.05. The molecule has 3 aromatic rings. The molecule has 0 spiro atoms. The van der Waals surface area contributed by atoms with Gasteiger partial charge < -0.3 is 15.2 Å². The lowest BCUT2D eigenvalue weighted by molar-refractivity contribution is 0.0885. The molecule has 0 radical (unpaired) electrons. The van der Waals surface area contributed by atoms with Gasteiger partial charge in [-0.3, -0.25) is 9.36 Å². The van der Waals surface area contributed by atoms with Gasteiger partial charge in [-0.2, -0.15) is 4.98 Å². The van der Waals surface area contributed by atoms with Crippen LogP contribution >= 0.6 is 0 Å². The van der Waals surface area contributed by atoms with Gasteiger partial charge in [-0.15, -0.1) is 0 Å². The van der Waals surface area contributed by atoms with E-state index in [9.17, 15) is 18.3 Å². The standard InChI is InChI=1S/C21H24N4O5S/c1-21(9-11-31(28,29)12-10-21)24-20(27)19-22-16-7-8-17(26)23-18(16)25(19)13-14-3-5-15(30-2)6-4-14/h3-8H,9-13H2,1-2H3,(H,23,26)(H,24,27). The zero-order valence-electron chi connectivity index (χ0n) is 17.3. The Balaban J connectivity index is 1.67. The zero-order chi connectivity index (χ0) is 22.2. The molecule has 3 heterocycles. The van der Waals surface area contributed by atoms with E-state index in [4.69, 9.17) is 4.74 Å². The average Bonchev–Trinajstić information content (AvgIpc) is 3.09. The molecule has 2 N–H and O–H groups in total.